The van der Waals surface area contributed by atoms with Crippen LogP contribution in [-0.2, 0) is 0 Å². The van der Waals surface area contributed by atoms with Gasteiger partial charge < -0.3 is 21.1 Å². The second-order valence-corrected chi connectivity index (χ2v) is 5.76. The molecule has 5 nitrogen and oxygen atoms in total. The Morgan fingerprint density at radius 2 is 1.68 bits per heavy atom. The van der Waals surface area contributed by atoms with E-state index in [1.54, 1.807) is 6.20 Å². The normalized spacial score (nSPS) is 15.7. The second kappa shape index (κ2) is 6.56. The summed E-state index contributed by atoms with van der Waals surface area (Å²) in [4.78, 5) is 6.69. The van der Waals surface area contributed by atoms with Gasteiger partial charge >= 0.3 is 0 Å². The Labute approximate surface area is 130 Å². The van der Waals surface area contributed by atoms with Crippen molar-refractivity contribution in [1.82, 2.24) is 4.98 Å². The van der Waals surface area contributed by atoms with Gasteiger partial charge in [-0.1, -0.05) is 0 Å². The standard InChI is InChI=1S/C17H22N4O/c18-14-1-4-16(5-2-14)22-12-13-7-9-21(10-8-13)17-6-3-15(19)11-20-17/h1-6,11,13H,7-10,12,18-19H2. The summed E-state index contributed by atoms with van der Waals surface area (Å²) in [6.07, 6.45) is 3.94. The molecule has 1 saturated heterocycles. The highest BCUT2D eigenvalue weighted by Crippen LogP contribution is 2.23. The van der Waals surface area contributed by atoms with Gasteiger partial charge in [0.15, 0.2) is 0 Å². The number of hydrogen-bond acceptors (Lipinski definition) is 5. The first-order valence-electron chi connectivity index (χ1n) is 7.65. The molecule has 2 heterocycles. The molecule has 1 aromatic carbocycles. The van der Waals surface area contributed by atoms with E-state index in [9.17, 15) is 0 Å². The van der Waals surface area contributed by atoms with Crippen LogP contribution in [0, 0.1) is 5.92 Å². The third-order valence-corrected chi connectivity index (χ3v) is 4.08. The average Bonchev–Trinajstić information content (AvgIpc) is 2.56. The van der Waals surface area contributed by atoms with Gasteiger partial charge in [0.2, 0.25) is 0 Å². The second-order valence-electron chi connectivity index (χ2n) is 5.76. The van der Waals surface area contributed by atoms with E-state index in [1.807, 2.05) is 36.4 Å². The number of nitrogens with two attached hydrogens (primary N) is 2. The number of nitrogens with zero attached hydrogens (tertiary/aromatic N) is 2. The fourth-order valence-corrected chi connectivity index (χ4v) is 2.69. The maximum atomic E-state index is 5.85. The molecule has 0 unspecified atom stereocenters. The Bertz CT molecular complexity index is 589. The van der Waals surface area contributed by atoms with Crippen LogP contribution in [0.15, 0.2) is 42.6 Å². The molecule has 116 valence electrons. The molecule has 0 spiro atoms. The van der Waals surface area contributed by atoms with E-state index in [2.05, 4.69) is 9.88 Å². The summed E-state index contributed by atoms with van der Waals surface area (Å²) >= 11 is 0. The Morgan fingerprint density at radius 3 is 2.32 bits per heavy atom. The molecule has 1 fully saturated rings. The minimum absolute atomic E-state index is 0.586. The summed E-state index contributed by atoms with van der Waals surface area (Å²) < 4.78 is 5.85. The summed E-state index contributed by atoms with van der Waals surface area (Å²) in [5, 5.41) is 0. The van der Waals surface area contributed by atoms with Gasteiger partial charge in [0.25, 0.3) is 0 Å². The summed E-state index contributed by atoms with van der Waals surface area (Å²) in [6.45, 7) is 2.77. The lowest BCUT2D eigenvalue weighted by Gasteiger charge is -2.32. The number of anilines is 3. The Kier molecular flexibility index (Phi) is 4.32. The number of piperidine rings is 1. The van der Waals surface area contributed by atoms with E-state index in [-0.39, 0.29) is 0 Å². The van der Waals surface area contributed by atoms with E-state index >= 15 is 0 Å². The van der Waals surface area contributed by atoms with Gasteiger partial charge in [0.05, 0.1) is 18.5 Å². The summed E-state index contributed by atoms with van der Waals surface area (Å²) in [6, 6.07) is 11.5. The third kappa shape index (κ3) is 3.61. The summed E-state index contributed by atoms with van der Waals surface area (Å²) in [5.74, 6) is 2.48. The fourth-order valence-electron chi connectivity index (χ4n) is 2.69. The average molecular weight is 298 g/mol. The largest absolute Gasteiger partial charge is 0.493 e. The minimum Gasteiger partial charge on any atom is -0.493 e. The minimum atomic E-state index is 0.586. The zero-order valence-corrected chi connectivity index (χ0v) is 12.6. The van der Waals surface area contributed by atoms with E-state index < -0.39 is 0 Å². The summed E-state index contributed by atoms with van der Waals surface area (Å²) in [7, 11) is 0. The number of pyridine rings is 1. The number of benzene rings is 1. The first kappa shape index (κ1) is 14.5. The van der Waals surface area contributed by atoms with Crippen molar-refractivity contribution >= 4 is 17.2 Å². The molecule has 1 aliphatic rings. The van der Waals surface area contributed by atoms with E-state index in [4.69, 9.17) is 16.2 Å². The van der Waals surface area contributed by atoms with Crippen LogP contribution in [0.3, 0.4) is 0 Å². The number of rotatable bonds is 4. The Balaban J connectivity index is 1.47. The van der Waals surface area contributed by atoms with E-state index in [1.165, 1.54) is 0 Å². The van der Waals surface area contributed by atoms with Crippen LogP contribution in [0.2, 0.25) is 0 Å². The van der Waals surface area contributed by atoms with Crippen LogP contribution in [0.1, 0.15) is 12.8 Å². The van der Waals surface area contributed by atoms with Gasteiger partial charge in [0, 0.05) is 18.8 Å². The monoisotopic (exact) mass is 298 g/mol. The number of hydrogen-bond donors (Lipinski definition) is 2. The zero-order valence-electron chi connectivity index (χ0n) is 12.6. The highest BCUT2D eigenvalue weighted by atomic mass is 16.5. The van der Waals surface area contributed by atoms with Gasteiger partial charge in [0.1, 0.15) is 11.6 Å². The molecule has 4 N–H and O–H groups in total. The van der Waals surface area contributed by atoms with Crippen LogP contribution in [0.25, 0.3) is 0 Å². The highest BCUT2D eigenvalue weighted by molar-refractivity contribution is 5.46. The summed E-state index contributed by atoms with van der Waals surface area (Å²) in [5.41, 5.74) is 12.8. The number of nitrogen functional groups attached to an aromatic ring is 2. The molecule has 3 rings (SSSR count). The quantitative estimate of drug-likeness (QED) is 0.848. The van der Waals surface area contributed by atoms with Gasteiger partial charge in [-0.15, -0.1) is 0 Å². The molecule has 22 heavy (non-hydrogen) atoms. The van der Waals surface area contributed by atoms with Gasteiger partial charge in [-0.25, -0.2) is 4.98 Å². The van der Waals surface area contributed by atoms with Gasteiger partial charge in [-0.2, -0.15) is 0 Å². The first-order valence-corrected chi connectivity index (χ1v) is 7.65. The molecule has 5 heteroatoms. The first-order chi connectivity index (χ1) is 10.7. The molecule has 0 saturated carbocycles. The lowest BCUT2D eigenvalue weighted by atomic mass is 9.98. The molecule has 2 aromatic rings. The Hall–Kier alpha value is -2.43. The molecule has 0 atom stereocenters. The fraction of sp³-hybridized carbons (Fsp3) is 0.353. The van der Waals surface area contributed by atoms with E-state index in [0.29, 0.717) is 11.6 Å². The topological polar surface area (TPSA) is 77.4 Å². The zero-order chi connectivity index (χ0) is 15.4. The maximum absolute atomic E-state index is 5.85. The molecular formula is C17H22N4O. The van der Waals surface area contributed by atoms with Crippen LogP contribution < -0.4 is 21.1 Å². The van der Waals surface area contributed by atoms with Crippen LogP contribution in [-0.4, -0.2) is 24.7 Å². The van der Waals surface area contributed by atoms with Crippen LogP contribution in [0.5, 0.6) is 5.75 Å². The lowest BCUT2D eigenvalue weighted by Crippen LogP contribution is -2.36. The van der Waals surface area contributed by atoms with Crippen LogP contribution in [0.4, 0.5) is 17.2 Å². The SMILES string of the molecule is Nc1ccc(OCC2CCN(c3ccc(N)cn3)CC2)cc1. The molecule has 1 aliphatic heterocycles. The molecule has 0 amide bonds. The van der Waals surface area contributed by atoms with Crippen molar-refractivity contribution in [3.8, 4) is 5.75 Å². The van der Waals surface area contributed by atoms with E-state index in [0.717, 1.165) is 49.8 Å². The molecule has 0 radical (unpaired) electrons. The lowest BCUT2D eigenvalue weighted by molar-refractivity contribution is 0.222. The highest BCUT2D eigenvalue weighted by Gasteiger charge is 2.20. The van der Waals surface area contributed by atoms with Crippen molar-refractivity contribution < 1.29 is 4.74 Å². The van der Waals surface area contributed by atoms with Crippen molar-refractivity contribution in [2.75, 3.05) is 36.1 Å². The van der Waals surface area contributed by atoms with Crippen molar-refractivity contribution in [2.24, 2.45) is 5.92 Å². The molecule has 0 aliphatic carbocycles. The van der Waals surface area contributed by atoms with Crippen molar-refractivity contribution in [3.05, 3.63) is 42.6 Å². The third-order valence-electron chi connectivity index (χ3n) is 4.08. The van der Waals surface area contributed by atoms with Crippen LogP contribution >= 0.6 is 0 Å². The van der Waals surface area contributed by atoms with Gasteiger partial charge in [-0.3, -0.25) is 0 Å². The predicted molar refractivity (Wildman–Crippen MR) is 89.9 cm³/mol. The predicted octanol–water partition coefficient (Wildman–Crippen LogP) is 2.54. The smallest absolute Gasteiger partial charge is 0.128 e. The number of ether oxygens (including phenoxy) is 1. The van der Waals surface area contributed by atoms with Gasteiger partial charge in [-0.05, 0) is 55.2 Å². The Morgan fingerprint density at radius 1 is 1.00 bits per heavy atom. The maximum Gasteiger partial charge on any atom is 0.128 e. The molecular weight excluding hydrogens is 276 g/mol. The van der Waals surface area contributed by atoms with Crippen molar-refractivity contribution in [2.45, 2.75) is 12.8 Å². The molecule has 1 aromatic heterocycles. The molecule has 0 bridgehead atoms. The van der Waals surface area contributed by atoms with Crippen molar-refractivity contribution in [3.63, 3.8) is 0 Å². The van der Waals surface area contributed by atoms with Crippen molar-refractivity contribution in [1.29, 1.82) is 0 Å². The number of aromatic nitrogens is 1.